The van der Waals surface area contributed by atoms with Crippen molar-refractivity contribution in [1.29, 1.82) is 0 Å². The Morgan fingerprint density at radius 2 is 1.84 bits per heavy atom. The lowest BCUT2D eigenvalue weighted by molar-refractivity contribution is 0.340. The number of hydrogen-bond donors (Lipinski definition) is 1. The lowest BCUT2D eigenvalue weighted by Gasteiger charge is -2.28. The van der Waals surface area contributed by atoms with Crippen molar-refractivity contribution >= 4 is 15.9 Å². The van der Waals surface area contributed by atoms with E-state index in [9.17, 15) is 0 Å². The van der Waals surface area contributed by atoms with Gasteiger partial charge in [-0.25, -0.2) is 0 Å². The summed E-state index contributed by atoms with van der Waals surface area (Å²) in [5.74, 6) is 1.60. The van der Waals surface area contributed by atoms with E-state index < -0.39 is 0 Å². The van der Waals surface area contributed by atoms with Crippen LogP contribution in [0.1, 0.15) is 43.6 Å². The second-order valence-electron chi connectivity index (χ2n) is 4.99. The largest absolute Gasteiger partial charge is 0.453 e. The molecule has 0 bridgehead atoms. The third-order valence-corrected chi connectivity index (χ3v) is 4.18. The summed E-state index contributed by atoms with van der Waals surface area (Å²) in [6, 6.07) is 14.2. The van der Waals surface area contributed by atoms with Crippen LogP contribution in [0.5, 0.6) is 0 Å². The first-order chi connectivity index (χ1) is 9.13. The van der Waals surface area contributed by atoms with Gasteiger partial charge in [0.05, 0.1) is 6.04 Å². The Balaban J connectivity index is 2.33. The van der Waals surface area contributed by atoms with Crippen LogP contribution >= 0.6 is 15.9 Å². The molecule has 0 amide bonds. The van der Waals surface area contributed by atoms with E-state index in [1.807, 2.05) is 18.2 Å². The molecule has 1 heterocycles. The summed E-state index contributed by atoms with van der Waals surface area (Å²) in [6.07, 6.45) is 1.09. The van der Waals surface area contributed by atoms with Crippen molar-refractivity contribution in [3.8, 4) is 0 Å². The molecule has 0 radical (unpaired) electrons. The number of furan rings is 1. The van der Waals surface area contributed by atoms with Crippen LogP contribution in [0.3, 0.4) is 0 Å². The highest BCUT2D eigenvalue weighted by Gasteiger charge is 2.28. The maximum Gasteiger partial charge on any atom is 0.169 e. The second kappa shape index (κ2) is 6.40. The molecule has 3 heteroatoms. The van der Waals surface area contributed by atoms with Crippen LogP contribution in [0.15, 0.2) is 51.6 Å². The molecule has 2 N–H and O–H groups in total. The Kier molecular flexibility index (Phi) is 4.83. The first-order valence-electron chi connectivity index (χ1n) is 6.69. The van der Waals surface area contributed by atoms with Gasteiger partial charge in [0, 0.05) is 5.92 Å². The molecule has 0 aliphatic heterocycles. The van der Waals surface area contributed by atoms with Gasteiger partial charge in [0.15, 0.2) is 4.67 Å². The molecular weight excluding hydrogens is 302 g/mol. The molecule has 2 rings (SSSR count). The third kappa shape index (κ3) is 3.28. The monoisotopic (exact) mass is 321 g/mol. The lowest BCUT2D eigenvalue weighted by atomic mass is 9.79. The molecule has 3 atom stereocenters. The van der Waals surface area contributed by atoms with Crippen LogP contribution in [0.25, 0.3) is 0 Å². The quantitative estimate of drug-likeness (QED) is 0.853. The van der Waals surface area contributed by atoms with E-state index in [0.717, 1.165) is 16.9 Å². The maximum absolute atomic E-state index is 6.45. The number of halogens is 1. The molecule has 1 aromatic heterocycles. The van der Waals surface area contributed by atoms with Crippen molar-refractivity contribution in [2.24, 2.45) is 11.7 Å². The normalized spacial score (nSPS) is 16.0. The van der Waals surface area contributed by atoms with Gasteiger partial charge in [-0.05, 0) is 39.5 Å². The minimum atomic E-state index is -0.122. The van der Waals surface area contributed by atoms with Gasteiger partial charge in [0.1, 0.15) is 5.76 Å². The van der Waals surface area contributed by atoms with E-state index >= 15 is 0 Å². The highest BCUT2D eigenvalue weighted by atomic mass is 79.9. The second-order valence-corrected chi connectivity index (χ2v) is 5.77. The van der Waals surface area contributed by atoms with Crippen LogP contribution < -0.4 is 5.73 Å². The first-order valence-corrected chi connectivity index (χ1v) is 7.48. The molecule has 3 unspecified atom stereocenters. The minimum Gasteiger partial charge on any atom is -0.453 e. The molecule has 102 valence electrons. The summed E-state index contributed by atoms with van der Waals surface area (Å²) >= 11 is 3.34. The predicted octanol–water partition coefficient (Wildman–Crippen LogP) is 4.87. The third-order valence-electron chi connectivity index (χ3n) is 3.75. The molecule has 0 aliphatic carbocycles. The molecule has 1 aromatic carbocycles. The fourth-order valence-corrected chi connectivity index (χ4v) is 2.82. The Morgan fingerprint density at radius 3 is 2.37 bits per heavy atom. The highest BCUT2D eigenvalue weighted by molar-refractivity contribution is 9.10. The van der Waals surface area contributed by atoms with Crippen LogP contribution in [0.4, 0.5) is 0 Å². The SMILES string of the molecule is CCC(C)C(c1ccccc1)C(N)c1ccc(Br)o1. The predicted molar refractivity (Wildman–Crippen MR) is 82.0 cm³/mol. The van der Waals surface area contributed by atoms with Gasteiger partial charge in [-0.2, -0.15) is 0 Å². The van der Waals surface area contributed by atoms with Gasteiger partial charge in [-0.3, -0.25) is 0 Å². The van der Waals surface area contributed by atoms with E-state index in [-0.39, 0.29) is 12.0 Å². The van der Waals surface area contributed by atoms with Gasteiger partial charge in [0.2, 0.25) is 0 Å². The van der Waals surface area contributed by atoms with Gasteiger partial charge in [-0.15, -0.1) is 0 Å². The topological polar surface area (TPSA) is 39.2 Å². The van der Waals surface area contributed by atoms with Gasteiger partial charge < -0.3 is 10.2 Å². The Bertz CT molecular complexity index is 508. The molecule has 2 aromatic rings. The van der Waals surface area contributed by atoms with Crippen molar-refractivity contribution < 1.29 is 4.42 Å². The standard InChI is InChI=1S/C16H20BrNO/c1-3-11(2)15(12-7-5-4-6-8-12)16(18)13-9-10-14(17)19-13/h4-11,15-16H,3,18H2,1-2H3. The van der Waals surface area contributed by atoms with Crippen LogP contribution in [-0.2, 0) is 0 Å². The minimum absolute atomic E-state index is 0.122. The summed E-state index contributed by atoms with van der Waals surface area (Å²) < 4.78 is 6.36. The molecular formula is C16H20BrNO. The zero-order valence-corrected chi connectivity index (χ0v) is 12.9. The van der Waals surface area contributed by atoms with Crippen molar-refractivity contribution in [1.82, 2.24) is 0 Å². The maximum atomic E-state index is 6.45. The lowest BCUT2D eigenvalue weighted by Crippen LogP contribution is -2.24. The summed E-state index contributed by atoms with van der Waals surface area (Å²) in [6.45, 7) is 4.45. The van der Waals surface area contributed by atoms with Crippen molar-refractivity contribution in [2.75, 3.05) is 0 Å². The average Bonchev–Trinajstić information content (AvgIpc) is 2.86. The Labute approximate surface area is 123 Å². The summed E-state index contributed by atoms with van der Waals surface area (Å²) in [5.41, 5.74) is 7.72. The summed E-state index contributed by atoms with van der Waals surface area (Å²) in [4.78, 5) is 0. The highest BCUT2D eigenvalue weighted by Crippen LogP contribution is 2.37. The smallest absolute Gasteiger partial charge is 0.169 e. The van der Waals surface area contributed by atoms with E-state index in [1.165, 1.54) is 5.56 Å². The molecule has 0 spiro atoms. The van der Waals surface area contributed by atoms with Crippen molar-refractivity contribution in [3.63, 3.8) is 0 Å². The number of nitrogens with two attached hydrogens (primary N) is 1. The van der Waals surface area contributed by atoms with Gasteiger partial charge in [0.25, 0.3) is 0 Å². The molecule has 0 saturated carbocycles. The van der Waals surface area contributed by atoms with Crippen molar-refractivity contribution in [3.05, 3.63) is 58.5 Å². The summed E-state index contributed by atoms with van der Waals surface area (Å²) in [5, 5.41) is 0. The average molecular weight is 322 g/mol. The fourth-order valence-electron chi connectivity index (χ4n) is 2.50. The molecule has 0 aliphatic rings. The van der Waals surface area contributed by atoms with E-state index in [0.29, 0.717) is 5.92 Å². The zero-order valence-electron chi connectivity index (χ0n) is 11.3. The van der Waals surface area contributed by atoms with E-state index in [1.54, 1.807) is 0 Å². The molecule has 0 saturated heterocycles. The Hall–Kier alpha value is -1.06. The molecule has 0 fully saturated rings. The Morgan fingerprint density at radius 1 is 1.16 bits per heavy atom. The van der Waals surface area contributed by atoms with E-state index in [2.05, 4.69) is 54.0 Å². The fraction of sp³-hybridized carbons (Fsp3) is 0.375. The van der Waals surface area contributed by atoms with Crippen molar-refractivity contribution in [2.45, 2.75) is 32.2 Å². The number of rotatable bonds is 5. The number of benzene rings is 1. The van der Waals surface area contributed by atoms with Gasteiger partial charge >= 0.3 is 0 Å². The van der Waals surface area contributed by atoms with Crippen LogP contribution in [0, 0.1) is 5.92 Å². The van der Waals surface area contributed by atoms with Gasteiger partial charge in [-0.1, -0.05) is 50.6 Å². The zero-order chi connectivity index (χ0) is 13.8. The number of hydrogen-bond acceptors (Lipinski definition) is 2. The van der Waals surface area contributed by atoms with Crippen LogP contribution in [0.2, 0.25) is 0 Å². The molecule has 19 heavy (non-hydrogen) atoms. The first kappa shape index (κ1) is 14.4. The van der Waals surface area contributed by atoms with Crippen LogP contribution in [-0.4, -0.2) is 0 Å². The summed E-state index contributed by atoms with van der Waals surface area (Å²) in [7, 11) is 0. The molecule has 2 nitrogen and oxygen atoms in total. The van der Waals surface area contributed by atoms with E-state index in [4.69, 9.17) is 10.2 Å².